The van der Waals surface area contributed by atoms with Crippen LogP contribution < -0.4 is 20.7 Å². The van der Waals surface area contributed by atoms with E-state index in [2.05, 4.69) is 26.0 Å². The Bertz CT molecular complexity index is 2050. The maximum absolute atomic E-state index is 13.3. The molecule has 0 radical (unpaired) electrons. The average Bonchev–Trinajstić information content (AvgIpc) is 3.41. The Morgan fingerprint density at radius 2 is 1.66 bits per heavy atom. The maximum atomic E-state index is 13.3. The van der Waals surface area contributed by atoms with E-state index in [0.717, 1.165) is 24.5 Å². The summed E-state index contributed by atoms with van der Waals surface area (Å²) >= 11 is 0. The van der Waals surface area contributed by atoms with Gasteiger partial charge in [0.2, 0.25) is 5.95 Å². The molecule has 244 valence electrons. The fraction of sp³-hybridized carbons (Fsp3) is 0.133. The van der Waals surface area contributed by atoms with Gasteiger partial charge in [-0.25, -0.2) is 22.1 Å². The summed E-state index contributed by atoms with van der Waals surface area (Å²) < 4.78 is 82.0. The van der Waals surface area contributed by atoms with E-state index in [-0.39, 0.29) is 27.8 Å². The summed E-state index contributed by atoms with van der Waals surface area (Å²) in [4.78, 5) is 28.2. The fourth-order valence-electron chi connectivity index (χ4n) is 4.38. The Balaban J connectivity index is 1.33. The zero-order valence-corrected chi connectivity index (χ0v) is 24.9. The van der Waals surface area contributed by atoms with Crippen molar-refractivity contribution >= 4 is 44.8 Å². The summed E-state index contributed by atoms with van der Waals surface area (Å²) in [7, 11) is -3.73. The first kappa shape index (κ1) is 32.7. The third-order valence-electron chi connectivity index (χ3n) is 6.57. The minimum Gasteiger partial charge on any atom is -0.482 e. The van der Waals surface area contributed by atoms with Gasteiger partial charge in [0, 0.05) is 29.8 Å². The zero-order chi connectivity index (χ0) is 33.9. The van der Waals surface area contributed by atoms with Crippen LogP contribution in [0.3, 0.4) is 0 Å². The van der Waals surface area contributed by atoms with Crippen molar-refractivity contribution in [3.8, 4) is 16.9 Å². The van der Waals surface area contributed by atoms with Gasteiger partial charge in [-0.05, 0) is 59.7 Å². The van der Waals surface area contributed by atoms with Crippen LogP contribution in [-0.4, -0.2) is 59.2 Å². The molecule has 12 nitrogen and oxygen atoms in total. The fourth-order valence-corrected chi connectivity index (χ4v) is 5.02. The number of pyridine rings is 1. The van der Waals surface area contributed by atoms with Crippen molar-refractivity contribution in [3.05, 3.63) is 96.4 Å². The van der Waals surface area contributed by atoms with Gasteiger partial charge in [-0.15, -0.1) is 5.10 Å². The highest BCUT2D eigenvalue weighted by molar-refractivity contribution is 7.90. The van der Waals surface area contributed by atoms with Crippen LogP contribution in [0.4, 0.5) is 39.7 Å². The molecule has 5 aromatic rings. The van der Waals surface area contributed by atoms with Crippen LogP contribution in [0.1, 0.15) is 11.6 Å². The lowest BCUT2D eigenvalue weighted by molar-refractivity contribution is -0.153. The van der Waals surface area contributed by atoms with E-state index in [1.54, 1.807) is 42.6 Å². The van der Waals surface area contributed by atoms with Gasteiger partial charge in [0.05, 0.1) is 10.6 Å². The minimum absolute atomic E-state index is 0.00477. The molecule has 0 saturated carbocycles. The first-order valence-corrected chi connectivity index (χ1v) is 15.4. The van der Waals surface area contributed by atoms with Crippen molar-refractivity contribution in [1.29, 1.82) is 0 Å². The van der Waals surface area contributed by atoms with Gasteiger partial charge in [-0.3, -0.25) is 4.79 Å². The summed E-state index contributed by atoms with van der Waals surface area (Å²) in [6.07, 6.45) is -3.55. The predicted octanol–water partition coefficient (Wildman–Crippen LogP) is 5.57. The van der Waals surface area contributed by atoms with Crippen molar-refractivity contribution in [1.82, 2.24) is 19.9 Å². The number of sulfone groups is 1. The summed E-state index contributed by atoms with van der Waals surface area (Å²) in [6.45, 7) is -1.65. The van der Waals surface area contributed by atoms with E-state index in [9.17, 15) is 40.7 Å². The molecule has 47 heavy (non-hydrogen) atoms. The Labute approximate surface area is 263 Å². The standard InChI is InChI=1S/C30H24F4N6O6S/c1-47(44,45)22-11-12-23(24(14-22)46-16-30(32,33)34)36-28-37-25-13-6-19(15-40(25)39-28)17-4-9-21(10-5-17)35-27(41)26(38-29(42)43)18-2-7-20(31)8-3-18/h2-15,26,38H,16H2,1H3,(H,35,41)(H,36,39)(H,42,43)/t26-/m1/s1. The number of hydrogen-bond donors (Lipinski definition) is 4. The van der Waals surface area contributed by atoms with Crippen molar-refractivity contribution in [2.75, 3.05) is 23.5 Å². The first-order valence-electron chi connectivity index (χ1n) is 13.5. The molecule has 0 aliphatic heterocycles. The number of carboxylic acid groups (broad SMARTS) is 1. The number of amides is 2. The van der Waals surface area contributed by atoms with Crippen molar-refractivity contribution < 1.29 is 45.4 Å². The molecule has 0 saturated heterocycles. The van der Waals surface area contributed by atoms with Crippen LogP contribution in [0.5, 0.6) is 5.75 Å². The minimum atomic E-state index is -4.66. The summed E-state index contributed by atoms with van der Waals surface area (Å²) in [5.41, 5.74) is 2.37. The Hall–Kier alpha value is -5.71. The number of hydrogen-bond acceptors (Lipinski definition) is 8. The first-order chi connectivity index (χ1) is 22.1. The molecule has 0 unspecified atom stereocenters. The van der Waals surface area contributed by atoms with Gasteiger partial charge in [0.1, 0.15) is 17.6 Å². The largest absolute Gasteiger partial charge is 0.482 e. The number of aromatic nitrogens is 3. The maximum Gasteiger partial charge on any atom is 0.422 e. The van der Waals surface area contributed by atoms with Crippen molar-refractivity contribution in [2.45, 2.75) is 17.1 Å². The molecule has 2 aromatic heterocycles. The Morgan fingerprint density at radius 1 is 0.979 bits per heavy atom. The quantitative estimate of drug-likeness (QED) is 0.139. The molecule has 17 heteroatoms. The van der Waals surface area contributed by atoms with E-state index in [4.69, 9.17) is 4.74 Å². The Morgan fingerprint density at radius 3 is 2.30 bits per heavy atom. The predicted molar refractivity (Wildman–Crippen MR) is 162 cm³/mol. The number of anilines is 3. The van der Waals surface area contributed by atoms with Crippen LogP contribution in [0.25, 0.3) is 16.8 Å². The lowest BCUT2D eigenvalue weighted by Crippen LogP contribution is -2.36. The van der Waals surface area contributed by atoms with E-state index in [0.29, 0.717) is 22.5 Å². The molecule has 4 N–H and O–H groups in total. The third kappa shape index (κ3) is 8.31. The molecular formula is C30H24F4N6O6S. The smallest absolute Gasteiger partial charge is 0.422 e. The van der Waals surface area contributed by atoms with Gasteiger partial charge >= 0.3 is 12.3 Å². The molecule has 0 aliphatic carbocycles. The van der Waals surface area contributed by atoms with Crippen LogP contribution in [0.2, 0.25) is 0 Å². The Kier molecular flexibility index (Phi) is 9.01. The van der Waals surface area contributed by atoms with Crippen LogP contribution in [0.15, 0.2) is 90.0 Å². The molecule has 0 fully saturated rings. The molecule has 2 amide bonds. The average molecular weight is 673 g/mol. The van der Waals surface area contributed by atoms with Gasteiger partial charge in [-0.1, -0.05) is 24.3 Å². The SMILES string of the molecule is CS(=O)(=O)c1ccc(Nc2nc3ccc(-c4ccc(NC(=O)[C@H](NC(=O)O)c5ccc(F)cc5)cc4)cn3n2)c(OCC(F)(F)F)c1. The lowest BCUT2D eigenvalue weighted by Gasteiger charge is -2.17. The molecule has 0 spiro atoms. The second-order valence-electron chi connectivity index (χ2n) is 10.1. The van der Waals surface area contributed by atoms with Crippen LogP contribution in [-0.2, 0) is 14.6 Å². The van der Waals surface area contributed by atoms with Crippen molar-refractivity contribution in [3.63, 3.8) is 0 Å². The van der Waals surface area contributed by atoms with E-state index in [1.165, 1.54) is 28.8 Å². The molecule has 1 atom stereocenters. The van der Waals surface area contributed by atoms with Crippen LogP contribution >= 0.6 is 0 Å². The molecule has 5 rings (SSSR count). The summed E-state index contributed by atoms with van der Waals surface area (Å²) in [5.74, 6) is -1.59. The second-order valence-corrected chi connectivity index (χ2v) is 12.1. The number of benzene rings is 3. The number of nitrogens with one attached hydrogen (secondary N) is 3. The lowest BCUT2D eigenvalue weighted by atomic mass is 10.1. The number of nitrogens with zero attached hydrogens (tertiary/aromatic N) is 3. The molecule has 2 heterocycles. The van der Waals surface area contributed by atoms with Gasteiger partial charge in [0.15, 0.2) is 22.1 Å². The van der Waals surface area contributed by atoms with E-state index in [1.807, 2.05) is 0 Å². The number of carbonyl (C=O) groups excluding carboxylic acids is 1. The second kappa shape index (κ2) is 13.0. The highest BCUT2D eigenvalue weighted by atomic mass is 32.2. The molecule has 3 aromatic carbocycles. The van der Waals surface area contributed by atoms with Crippen molar-refractivity contribution in [2.24, 2.45) is 0 Å². The topological polar surface area (TPSA) is 164 Å². The van der Waals surface area contributed by atoms with Gasteiger partial charge < -0.3 is 25.8 Å². The number of rotatable bonds is 10. The normalized spacial score (nSPS) is 12.4. The summed E-state index contributed by atoms with van der Waals surface area (Å²) in [5, 5.41) is 21.0. The molecule has 0 bridgehead atoms. The third-order valence-corrected chi connectivity index (χ3v) is 7.68. The van der Waals surface area contributed by atoms with E-state index >= 15 is 0 Å². The van der Waals surface area contributed by atoms with E-state index < -0.39 is 46.5 Å². The number of fused-ring (bicyclic) bond motifs is 1. The highest BCUT2D eigenvalue weighted by Crippen LogP contribution is 2.32. The number of carbonyl (C=O) groups is 2. The number of alkyl halides is 3. The van der Waals surface area contributed by atoms with Gasteiger partial charge in [0.25, 0.3) is 5.91 Å². The molecule has 0 aliphatic rings. The summed E-state index contributed by atoms with van der Waals surface area (Å²) in [6, 6.07) is 16.9. The number of halogens is 4. The monoisotopic (exact) mass is 672 g/mol. The highest BCUT2D eigenvalue weighted by Gasteiger charge is 2.29. The molecular weight excluding hydrogens is 648 g/mol. The van der Waals surface area contributed by atoms with Gasteiger partial charge in [-0.2, -0.15) is 18.2 Å². The van der Waals surface area contributed by atoms with Crippen LogP contribution in [0, 0.1) is 5.82 Å². The zero-order valence-electron chi connectivity index (χ0n) is 24.1. The number of ether oxygens (including phenoxy) is 1.